The Labute approximate surface area is 133 Å². The third-order valence-corrected chi connectivity index (χ3v) is 4.35. The lowest BCUT2D eigenvalue weighted by atomic mass is 10.1. The summed E-state index contributed by atoms with van der Waals surface area (Å²) in [5, 5.41) is 0. The summed E-state index contributed by atoms with van der Waals surface area (Å²) in [6.07, 6.45) is 4.07. The number of amides is 1. The van der Waals surface area contributed by atoms with Gasteiger partial charge in [0.25, 0.3) is 0 Å². The molecule has 0 saturated carbocycles. The lowest BCUT2D eigenvalue weighted by Crippen LogP contribution is -2.33. The fourth-order valence-electron chi connectivity index (χ4n) is 3.37. The Bertz CT molecular complexity index is 931. The highest BCUT2D eigenvalue weighted by Gasteiger charge is 2.29. The normalized spacial score (nSPS) is 16.8. The lowest BCUT2D eigenvalue weighted by Gasteiger charge is -2.20. The Morgan fingerprint density at radius 1 is 1.26 bits per heavy atom. The third-order valence-electron chi connectivity index (χ3n) is 4.35. The number of anilines is 1. The summed E-state index contributed by atoms with van der Waals surface area (Å²) in [6.45, 7) is 3.64. The average molecular weight is 309 g/mol. The highest BCUT2D eigenvalue weighted by atomic mass is 19.1. The van der Waals surface area contributed by atoms with Crippen LogP contribution in [0.15, 0.2) is 42.7 Å². The van der Waals surface area contributed by atoms with Crippen LogP contribution in [0.25, 0.3) is 16.9 Å². The summed E-state index contributed by atoms with van der Waals surface area (Å²) in [5.74, 6) is -0.228. The molecule has 1 aromatic carbocycles. The van der Waals surface area contributed by atoms with Crippen molar-refractivity contribution in [3.8, 4) is 11.3 Å². The molecule has 0 fully saturated rings. The number of halogens is 1. The molecule has 3 aromatic rings. The van der Waals surface area contributed by atoms with Gasteiger partial charge >= 0.3 is 0 Å². The molecule has 5 heteroatoms. The molecule has 1 aliphatic heterocycles. The van der Waals surface area contributed by atoms with Gasteiger partial charge in [0.05, 0.1) is 5.69 Å². The summed E-state index contributed by atoms with van der Waals surface area (Å²) in [6, 6.07) is 9.25. The van der Waals surface area contributed by atoms with E-state index in [1.54, 1.807) is 17.4 Å². The van der Waals surface area contributed by atoms with Crippen LogP contribution in [-0.2, 0) is 11.2 Å². The highest BCUT2D eigenvalue weighted by molar-refractivity contribution is 5.95. The second-order valence-electron chi connectivity index (χ2n) is 6.02. The number of fused-ring (bicyclic) bond motifs is 2. The van der Waals surface area contributed by atoms with Crippen LogP contribution in [0.5, 0.6) is 0 Å². The molecule has 0 bridgehead atoms. The Balaban J connectivity index is 1.78. The van der Waals surface area contributed by atoms with Gasteiger partial charge in [0, 0.05) is 36.6 Å². The molecule has 23 heavy (non-hydrogen) atoms. The van der Waals surface area contributed by atoms with E-state index in [1.165, 1.54) is 12.3 Å². The number of imidazole rings is 1. The van der Waals surface area contributed by atoms with Gasteiger partial charge in [-0.15, -0.1) is 0 Å². The largest absolute Gasteiger partial charge is 0.309 e. The zero-order chi connectivity index (χ0) is 16.1. The summed E-state index contributed by atoms with van der Waals surface area (Å²) in [7, 11) is 0. The van der Waals surface area contributed by atoms with E-state index >= 15 is 0 Å². The van der Waals surface area contributed by atoms with Gasteiger partial charge < -0.3 is 9.30 Å². The van der Waals surface area contributed by atoms with Crippen LogP contribution in [0.1, 0.15) is 19.4 Å². The van der Waals surface area contributed by atoms with Crippen LogP contribution in [0.3, 0.4) is 0 Å². The lowest BCUT2D eigenvalue weighted by molar-refractivity contribution is -0.116. The van der Waals surface area contributed by atoms with Gasteiger partial charge in [-0.3, -0.25) is 4.79 Å². The van der Waals surface area contributed by atoms with E-state index in [0.717, 1.165) is 28.9 Å². The number of carbonyl (C=O) groups excluding carboxylic acids is 1. The first kappa shape index (κ1) is 13.9. The molecular weight excluding hydrogens is 293 g/mol. The molecule has 3 heterocycles. The monoisotopic (exact) mass is 309 g/mol. The average Bonchev–Trinajstić information content (AvgIpc) is 3.05. The second kappa shape index (κ2) is 4.91. The van der Waals surface area contributed by atoms with Gasteiger partial charge in [-0.1, -0.05) is 6.07 Å². The maximum atomic E-state index is 13.3. The van der Waals surface area contributed by atoms with Crippen molar-refractivity contribution in [2.24, 2.45) is 0 Å². The van der Waals surface area contributed by atoms with Crippen LogP contribution in [-0.4, -0.2) is 21.3 Å². The second-order valence-corrected chi connectivity index (χ2v) is 6.02. The van der Waals surface area contributed by atoms with Crippen LogP contribution in [0.2, 0.25) is 0 Å². The van der Waals surface area contributed by atoms with Gasteiger partial charge in [0.1, 0.15) is 11.5 Å². The van der Waals surface area contributed by atoms with Crippen molar-refractivity contribution in [2.45, 2.75) is 26.3 Å². The molecule has 4 nitrogen and oxygen atoms in total. The summed E-state index contributed by atoms with van der Waals surface area (Å²) in [5.41, 5.74) is 4.61. The van der Waals surface area contributed by atoms with Crippen LogP contribution >= 0.6 is 0 Å². The molecule has 4 rings (SSSR count). The van der Waals surface area contributed by atoms with Gasteiger partial charge in [-0.25, -0.2) is 9.37 Å². The van der Waals surface area contributed by atoms with Gasteiger partial charge in [0.15, 0.2) is 0 Å². The number of rotatable bonds is 1. The molecule has 1 aliphatic rings. The topological polar surface area (TPSA) is 37.6 Å². The molecule has 0 spiro atoms. The van der Waals surface area contributed by atoms with Crippen LogP contribution in [0.4, 0.5) is 10.1 Å². The van der Waals surface area contributed by atoms with Crippen molar-refractivity contribution in [1.29, 1.82) is 0 Å². The van der Waals surface area contributed by atoms with E-state index in [4.69, 9.17) is 0 Å². The van der Waals surface area contributed by atoms with E-state index in [9.17, 15) is 9.18 Å². The Kier molecular flexibility index (Phi) is 2.98. The molecule has 0 saturated heterocycles. The van der Waals surface area contributed by atoms with Crippen LogP contribution in [0, 0.1) is 5.82 Å². The first-order chi connectivity index (χ1) is 11.0. The Morgan fingerprint density at radius 2 is 2.09 bits per heavy atom. The number of hydrogen-bond acceptors (Lipinski definition) is 2. The SMILES string of the molecule is CC(=O)N1c2ccc(-c3cn4cc(F)ccc4n3)cc2CC1C. The standard InChI is InChI=1S/C18H16FN3O/c1-11-7-14-8-13(3-5-17(14)22(11)12(2)23)16-10-21-9-15(19)4-6-18(21)20-16/h3-6,8-11H,7H2,1-2H3. The molecule has 0 radical (unpaired) electrons. The van der Waals surface area contributed by atoms with E-state index in [1.807, 2.05) is 23.2 Å². The smallest absolute Gasteiger partial charge is 0.224 e. The Morgan fingerprint density at radius 3 is 2.87 bits per heavy atom. The zero-order valence-corrected chi connectivity index (χ0v) is 13.0. The molecular formula is C18H16FN3O. The fraction of sp³-hybridized carbons (Fsp3) is 0.222. The quantitative estimate of drug-likeness (QED) is 0.690. The molecule has 116 valence electrons. The number of hydrogen-bond donors (Lipinski definition) is 0. The zero-order valence-electron chi connectivity index (χ0n) is 13.0. The van der Waals surface area contributed by atoms with Crippen molar-refractivity contribution in [2.75, 3.05) is 4.90 Å². The summed E-state index contributed by atoms with van der Waals surface area (Å²) < 4.78 is 15.0. The van der Waals surface area contributed by atoms with E-state index in [-0.39, 0.29) is 17.8 Å². The predicted octanol–water partition coefficient (Wildman–Crippen LogP) is 3.44. The van der Waals surface area contributed by atoms with Crippen molar-refractivity contribution in [3.05, 3.63) is 54.1 Å². The number of nitrogens with zero attached hydrogens (tertiary/aromatic N) is 3. The minimum Gasteiger partial charge on any atom is -0.309 e. The van der Waals surface area contributed by atoms with Gasteiger partial charge in [-0.2, -0.15) is 0 Å². The molecule has 1 amide bonds. The van der Waals surface area contributed by atoms with Crippen molar-refractivity contribution >= 4 is 17.2 Å². The predicted molar refractivity (Wildman–Crippen MR) is 86.9 cm³/mol. The van der Waals surface area contributed by atoms with Crippen LogP contribution < -0.4 is 4.90 Å². The number of carbonyl (C=O) groups is 1. The number of pyridine rings is 1. The first-order valence-corrected chi connectivity index (χ1v) is 7.60. The van der Waals surface area contributed by atoms with Crippen molar-refractivity contribution in [3.63, 3.8) is 0 Å². The summed E-state index contributed by atoms with van der Waals surface area (Å²) >= 11 is 0. The highest BCUT2D eigenvalue weighted by Crippen LogP contribution is 2.35. The van der Waals surface area contributed by atoms with Crippen molar-refractivity contribution < 1.29 is 9.18 Å². The first-order valence-electron chi connectivity index (χ1n) is 7.60. The maximum Gasteiger partial charge on any atom is 0.224 e. The molecule has 1 atom stereocenters. The molecule has 0 N–H and O–H groups in total. The van der Waals surface area contributed by atoms with E-state index in [2.05, 4.69) is 18.0 Å². The van der Waals surface area contributed by atoms with E-state index in [0.29, 0.717) is 5.65 Å². The molecule has 0 aliphatic carbocycles. The number of aromatic nitrogens is 2. The summed E-state index contributed by atoms with van der Waals surface area (Å²) in [4.78, 5) is 18.2. The van der Waals surface area contributed by atoms with Gasteiger partial charge in [0.2, 0.25) is 5.91 Å². The molecule has 1 unspecified atom stereocenters. The minimum absolute atomic E-state index is 0.0622. The third kappa shape index (κ3) is 2.20. The van der Waals surface area contributed by atoms with Gasteiger partial charge in [-0.05, 0) is 43.2 Å². The minimum atomic E-state index is -0.290. The maximum absolute atomic E-state index is 13.3. The van der Waals surface area contributed by atoms with Crippen molar-refractivity contribution in [1.82, 2.24) is 9.38 Å². The Hall–Kier alpha value is -2.69. The fourth-order valence-corrected chi connectivity index (χ4v) is 3.37. The number of benzene rings is 1. The van der Waals surface area contributed by atoms with E-state index < -0.39 is 0 Å². The molecule has 2 aromatic heterocycles.